The van der Waals surface area contributed by atoms with E-state index < -0.39 is 11.9 Å². The maximum atomic E-state index is 12.4. The molecule has 1 aliphatic heterocycles. The van der Waals surface area contributed by atoms with Crippen LogP contribution in [-0.4, -0.2) is 48.9 Å². The van der Waals surface area contributed by atoms with E-state index in [9.17, 15) is 19.2 Å². The summed E-state index contributed by atoms with van der Waals surface area (Å²) in [6.07, 6.45) is 2.60. The predicted molar refractivity (Wildman–Crippen MR) is 85.7 cm³/mol. The van der Waals surface area contributed by atoms with E-state index >= 15 is 0 Å². The van der Waals surface area contributed by atoms with Gasteiger partial charge < -0.3 is 14.8 Å². The van der Waals surface area contributed by atoms with E-state index in [2.05, 4.69) is 14.8 Å². The highest BCUT2D eigenvalue weighted by Crippen LogP contribution is 2.35. The summed E-state index contributed by atoms with van der Waals surface area (Å²) in [5, 5.41) is 2.72. The molecule has 2 amide bonds. The second-order valence-corrected chi connectivity index (χ2v) is 5.67. The molecular weight excluding hydrogens is 328 g/mol. The fourth-order valence-electron chi connectivity index (χ4n) is 2.59. The lowest BCUT2D eigenvalue weighted by Gasteiger charge is -2.11. The van der Waals surface area contributed by atoms with Crippen molar-refractivity contribution in [2.75, 3.05) is 19.5 Å². The van der Waals surface area contributed by atoms with E-state index in [0.29, 0.717) is 11.3 Å². The predicted octanol–water partition coefficient (Wildman–Crippen LogP) is 1.09. The molecule has 1 N–H and O–H groups in total. The van der Waals surface area contributed by atoms with Crippen molar-refractivity contribution in [3.8, 4) is 0 Å². The molecule has 25 heavy (non-hydrogen) atoms. The van der Waals surface area contributed by atoms with Gasteiger partial charge in [-0.15, -0.1) is 0 Å². The molecule has 0 aromatic heterocycles. The van der Waals surface area contributed by atoms with Gasteiger partial charge in [-0.2, -0.15) is 0 Å². The third-order valence-electron chi connectivity index (χ3n) is 3.98. The highest BCUT2D eigenvalue weighted by Gasteiger charge is 2.44. The van der Waals surface area contributed by atoms with Crippen molar-refractivity contribution in [2.45, 2.75) is 18.9 Å². The van der Waals surface area contributed by atoms with Crippen molar-refractivity contribution in [1.82, 2.24) is 4.90 Å². The van der Waals surface area contributed by atoms with Crippen LogP contribution >= 0.6 is 0 Å². The number of fused-ring (bicyclic) bond motifs is 1. The summed E-state index contributed by atoms with van der Waals surface area (Å²) in [6.45, 7) is 0. The zero-order valence-corrected chi connectivity index (χ0v) is 13.7. The first-order valence-electron chi connectivity index (χ1n) is 7.63. The van der Waals surface area contributed by atoms with E-state index in [4.69, 9.17) is 0 Å². The summed E-state index contributed by atoms with van der Waals surface area (Å²) in [5.41, 5.74) is 0.825. The number of imide groups is 1. The van der Waals surface area contributed by atoms with E-state index in [-0.39, 0.29) is 29.1 Å². The van der Waals surface area contributed by atoms with Gasteiger partial charge in [0.15, 0.2) is 0 Å². The Morgan fingerprint density at radius 2 is 1.80 bits per heavy atom. The van der Waals surface area contributed by atoms with Gasteiger partial charge in [-0.25, -0.2) is 9.59 Å². The molecule has 0 unspecified atom stereocenters. The summed E-state index contributed by atoms with van der Waals surface area (Å²) in [5.74, 6) is -2.15. The highest BCUT2D eigenvalue weighted by molar-refractivity contribution is 6.22. The van der Waals surface area contributed by atoms with Crippen LogP contribution in [0, 0.1) is 0 Å². The van der Waals surface area contributed by atoms with Gasteiger partial charge in [-0.1, -0.05) is 0 Å². The maximum absolute atomic E-state index is 12.4. The van der Waals surface area contributed by atoms with Crippen molar-refractivity contribution in [3.63, 3.8) is 0 Å². The van der Waals surface area contributed by atoms with Gasteiger partial charge in [0.1, 0.15) is 5.70 Å². The van der Waals surface area contributed by atoms with Gasteiger partial charge in [0.2, 0.25) is 0 Å². The molecular formula is C17H16N2O6. The summed E-state index contributed by atoms with van der Waals surface area (Å²) < 4.78 is 9.11. The lowest BCUT2D eigenvalue weighted by molar-refractivity contribution is -0.138. The minimum absolute atomic E-state index is 0.0198. The third-order valence-corrected chi connectivity index (χ3v) is 3.98. The Balaban J connectivity index is 1.89. The molecule has 1 fully saturated rings. The molecule has 1 aromatic carbocycles. The Bertz CT molecular complexity index is 809. The number of benzene rings is 1. The number of hydrogen-bond donors (Lipinski definition) is 1. The molecule has 1 aliphatic carbocycles. The lowest BCUT2D eigenvalue weighted by Crippen LogP contribution is -2.31. The fraction of sp³-hybridized carbons (Fsp3) is 0.294. The number of methoxy groups -OCH3 is 2. The normalized spacial score (nSPS) is 16.6. The quantitative estimate of drug-likeness (QED) is 0.484. The minimum atomic E-state index is -0.770. The molecule has 1 aromatic rings. The first-order chi connectivity index (χ1) is 12.0. The van der Waals surface area contributed by atoms with E-state index in [1.54, 1.807) is 6.07 Å². The maximum Gasteiger partial charge on any atom is 0.354 e. The van der Waals surface area contributed by atoms with Crippen LogP contribution in [0.4, 0.5) is 5.69 Å². The van der Waals surface area contributed by atoms with E-state index in [0.717, 1.165) is 18.9 Å². The number of carbonyl (C=O) groups is 4. The summed E-state index contributed by atoms with van der Waals surface area (Å²) >= 11 is 0. The van der Waals surface area contributed by atoms with Gasteiger partial charge in [0.25, 0.3) is 11.8 Å². The zero-order chi connectivity index (χ0) is 18.1. The summed E-state index contributed by atoms with van der Waals surface area (Å²) in [6, 6.07) is 4.53. The number of hydrogen-bond acceptors (Lipinski definition) is 7. The molecule has 2 aliphatic rings. The van der Waals surface area contributed by atoms with Crippen LogP contribution in [0.1, 0.15) is 33.6 Å². The molecule has 0 bridgehead atoms. The van der Waals surface area contributed by atoms with Crippen LogP contribution in [0.15, 0.2) is 30.0 Å². The van der Waals surface area contributed by atoms with Gasteiger partial charge in [0.05, 0.1) is 31.4 Å². The number of ether oxygens (including phenoxy) is 2. The standard InChI is InChI=1S/C17H16N2O6/c1-24-14(20)8-13(17(23)25-2)18-9-3-6-11-12(7-9)16(22)19(15(11)21)10-4-5-10/h3,6-8,10,18H,4-5H2,1-2H3/b13-8+. The Labute approximate surface area is 143 Å². The second-order valence-electron chi connectivity index (χ2n) is 5.67. The Hall–Kier alpha value is -3.16. The smallest absolute Gasteiger partial charge is 0.354 e. The summed E-state index contributed by atoms with van der Waals surface area (Å²) in [4.78, 5) is 49.2. The van der Waals surface area contributed by atoms with Crippen molar-refractivity contribution in [2.24, 2.45) is 0 Å². The zero-order valence-electron chi connectivity index (χ0n) is 13.7. The molecule has 0 atom stereocenters. The molecule has 1 saturated carbocycles. The Morgan fingerprint density at radius 3 is 2.40 bits per heavy atom. The number of amides is 2. The molecule has 8 nitrogen and oxygen atoms in total. The van der Waals surface area contributed by atoms with Crippen molar-refractivity contribution < 1.29 is 28.7 Å². The lowest BCUT2D eigenvalue weighted by atomic mass is 10.1. The fourth-order valence-corrected chi connectivity index (χ4v) is 2.59. The molecule has 3 rings (SSSR count). The monoisotopic (exact) mass is 344 g/mol. The van der Waals surface area contributed by atoms with Crippen LogP contribution in [-0.2, 0) is 19.1 Å². The molecule has 0 radical (unpaired) electrons. The summed E-state index contributed by atoms with van der Waals surface area (Å²) in [7, 11) is 2.35. The van der Waals surface area contributed by atoms with Gasteiger partial charge in [-0.05, 0) is 31.0 Å². The third kappa shape index (κ3) is 3.10. The topological polar surface area (TPSA) is 102 Å². The van der Waals surface area contributed by atoms with Crippen LogP contribution in [0.5, 0.6) is 0 Å². The van der Waals surface area contributed by atoms with Crippen LogP contribution in [0.25, 0.3) is 0 Å². The molecule has 130 valence electrons. The average molecular weight is 344 g/mol. The van der Waals surface area contributed by atoms with Crippen molar-refractivity contribution >= 4 is 29.4 Å². The Morgan fingerprint density at radius 1 is 1.12 bits per heavy atom. The highest BCUT2D eigenvalue weighted by atomic mass is 16.5. The van der Waals surface area contributed by atoms with Crippen LogP contribution < -0.4 is 5.32 Å². The first kappa shape index (κ1) is 16.7. The van der Waals surface area contributed by atoms with Gasteiger partial charge >= 0.3 is 11.9 Å². The van der Waals surface area contributed by atoms with Gasteiger partial charge in [0, 0.05) is 11.7 Å². The number of anilines is 1. The molecule has 0 spiro atoms. The number of carbonyl (C=O) groups excluding carboxylic acids is 4. The SMILES string of the molecule is COC(=O)/C=C(/Nc1ccc2c(c1)C(=O)N(C1CC1)C2=O)C(=O)OC. The molecule has 1 heterocycles. The number of nitrogens with zero attached hydrogens (tertiary/aromatic N) is 1. The van der Waals surface area contributed by atoms with Crippen LogP contribution in [0.3, 0.4) is 0 Å². The second kappa shape index (κ2) is 6.39. The molecule has 0 saturated heterocycles. The molecule has 8 heteroatoms. The number of nitrogens with one attached hydrogen (secondary N) is 1. The van der Waals surface area contributed by atoms with E-state index in [1.807, 2.05) is 0 Å². The number of esters is 2. The van der Waals surface area contributed by atoms with E-state index in [1.165, 1.54) is 31.3 Å². The van der Waals surface area contributed by atoms with Crippen molar-refractivity contribution in [1.29, 1.82) is 0 Å². The van der Waals surface area contributed by atoms with Crippen LogP contribution in [0.2, 0.25) is 0 Å². The van der Waals surface area contributed by atoms with Gasteiger partial charge in [-0.3, -0.25) is 14.5 Å². The van der Waals surface area contributed by atoms with Crippen molar-refractivity contribution in [3.05, 3.63) is 41.1 Å². The minimum Gasteiger partial charge on any atom is -0.466 e. The Kier molecular flexibility index (Phi) is 4.26. The largest absolute Gasteiger partial charge is 0.466 e. The average Bonchev–Trinajstić information content (AvgIpc) is 3.41. The number of rotatable bonds is 5. The first-order valence-corrected chi connectivity index (χ1v) is 7.63.